The Kier molecular flexibility index (Phi) is 4.44. The number of benzene rings is 3. The molecule has 2 aromatic heterocycles. The van der Waals surface area contributed by atoms with Crippen molar-refractivity contribution in [3.8, 4) is 17.1 Å². The third-order valence-electron chi connectivity index (χ3n) is 5.14. The van der Waals surface area contributed by atoms with Gasteiger partial charge in [0.05, 0.1) is 5.39 Å². The monoisotopic (exact) mass is 410 g/mol. The summed E-state index contributed by atoms with van der Waals surface area (Å²) in [6.07, 6.45) is 0. The second-order valence-electron chi connectivity index (χ2n) is 7.49. The van der Waals surface area contributed by atoms with Gasteiger partial charge in [-0.15, -0.1) is 0 Å². The van der Waals surface area contributed by atoms with Crippen LogP contribution in [0.3, 0.4) is 0 Å². The summed E-state index contributed by atoms with van der Waals surface area (Å²) < 4.78 is 17.2. The van der Waals surface area contributed by atoms with Crippen LogP contribution in [0, 0.1) is 13.8 Å². The molecule has 152 valence electrons. The number of esters is 1. The van der Waals surface area contributed by atoms with Crippen molar-refractivity contribution in [2.45, 2.75) is 13.8 Å². The van der Waals surface area contributed by atoms with Crippen LogP contribution in [0.2, 0.25) is 0 Å². The fraction of sp³-hybridized carbons (Fsp3) is 0.0769. The highest BCUT2D eigenvalue weighted by Crippen LogP contribution is 2.32. The van der Waals surface area contributed by atoms with Crippen molar-refractivity contribution in [2.75, 3.05) is 0 Å². The molecule has 5 heteroatoms. The zero-order valence-electron chi connectivity index (χ0n) is 17.0. The van der Waals surface area contributed by atoms with Crippen LogP contribution < -0.4 is 10.2 Å². The molecule has 0 saturated carbocycles. The van der Waals surface area contributed by atoms with Gasteiger partial charge in [0.25, 0.3) is 0 Å². The molecule has 5 rings (SSSR count). The first kappa shape index (κ1) is 18.9. The summed E-state index contributed by atoms with van der Waals surface area (Å²) in [7, 11) is 0. The highest BCUT2D eigenvalue weighted by molar-refractivity contribution is 5.95. The van der Waals surface area contributed by atoms with E-state index in [1.165, 1.54) is 0 Å². The molecule has 0 N–H and O–H groups in total. The lowest BCUT2D eigenvalue weighted by Gasteiger charge is -2.10. The Bertz CT molecular complexity index is 1470. The number of hydrogen-bond donors (Lipinski definition) is 0. The highest BCUT2D eigenvalue weighted by atomic mass is 16.6. The minimum atomic E-state index is -0.760. The highest BCUT2D eigenvalue weighted by Gasteiger charge is 2.23. The molecule has 31 heavy (non-hydrogen) atoms. The van der Waals surface area contributed by atoms with E-state index in [9.17, 15) is 9.59 Å². The number of rotatable bonds is 3. The van der Waals surface area contributed by atoms with Gasteiger partial charge in [-0.2, -0.15) is 0 Å². The number of fused-ring (bicyclic) bond motifs is 2. The lowest BCUT2D eigenvalue weighted by atomic mass is 10.1. The van der Waals surface area contributed by atoms with Gasteiger partial charge >= 0.3 is 5.97 Å². The predicted molar refractivity (Wildman–Crippen MR) is 119 cm³/mol. The van der Waals surface area contributed by atoms with Crippen LogP contribution in [0.4, 0.5) is 0 Å². The number of ether oxygens (including phenoxy) is 1. The zero-order chi connectivity index (χ0) is 21.5. The van der Waals surface area contributed by atoms with Crippen LogP contribution in [0.15, 0.2) is 86.4 Å². The van der Waals surface area contributed by atoms with Crippen molar-refractivity contribution in [1.29, 1.82) is 0 Å². The van der Waals surface area contributed by atoms with Crippen LogP contribution in [0.25, 0.3) is 33.3 Å². The maximum absolute atomic E-state index is 13.3. The second kappa shape index (κ2) is 7.29. The Labute approximate surface area is 177 Å². The number of carbonyl (C=O) groups is 1. The minimum Gasteiger partial charge on any atom is -0.452 e. The molecule has 0 fully saturated rings. The van der Waals surface area contributed by atoms with Crippen molar-refractivity contribution in [2.24, 2.45) is 0 Å². The first-order valence-corrected chi connectivity index (χ1v) is 9.85. The number of carbonyl (C=O) groups excluding carboxylic acids is 1. The van der Waals surface area contributed by atoms with E-state index in [0.717, 1.165) is 16.5 Å². The first-order chi connectivity index (χ1) is 15.0. The van der Waals surface area contributed by atoms with E-state index in [1.807, 2.05) is 62.4 Å². The van der Waals surface area contributed by atoms with Gasteiger partial charge in [0, 0.05) is 10.9 Å². The van der Waals surface area contributed by atoms with Gasteiger partial charge in [-0.3, -0.25) is 4.79 Å². The molecule has 0 spiro atoms. The van der Waals surface area contributed by atoms with E-state index in [2.05, 4.69) is 0 Å². The molecular weight excluding hydrogens is 392 g/mol. The maximum atomic E-state index is 13.3. The molecule has 2 heterocycles. The van der Waals surface area contributed by atoms with Crippen LogP contribution >= 0.6 is 0 Å². The maximum Gasteiger partial charge on any atom is 0.379 e. The van der Waals surface area contributed by atoms with Gasteiger partial charge in [-0.1, -0.05) is 59.7 Å². The number of para-hydroxylation sites is 1. The van der Waals surface area contributed by atoms with Gasteiger partial charge < -0.3 is 13.6 Å². The van der Waals surface area contributed by atoms with Gasteiger partial charge in [0.2, 0.25) is 16.9 Å². The van der Waals surface area contributed by atoms with Crippen molar-refractivity contribution < 1.29 is 18.4 Å². The van der Waals surface area contributed by atoms with Gasteiger partial charge in [0.1, 0.15) is 11.2 Å². The average Bonchev–Trinajstić information content (AvgIpc) is 3.21. The predicted octanol–water partition coefficient (Wildman–Crippen LogP) is 6.04. The third-order valence-corrected chi connectivity index (χ3v) is 5.14. The fourth-order valence-corrected chi connectivity index (χ4v) is 3.51. The second-order valence-corrected chi connectivity index (χ2v) is 7.49. The van der Waals surface area contributed by atoms with Crippen molar-refractivity contribution in [3.63, 3.8) is 0 Å². The Morgan fingerprint density at radius 2 is 1.55 bits per heavy atom. The fourth-order valence-electron chi connectivity index (χ4n) is 3.51. The SMILES string of the molecule is Cc1ccc(-c2oc3ccc(C)cc3c(=O)c2OC(=O)c2cc3ccccc3o2)cc1. The Hall–Kier alpha value is -4.12. The molecule has 0 radical (unpaired) electrons. The summed E-state index contributed by atoms with van der Waals surface area (Å²) in [4.78, 5) is 26.2. The Morgan fingerprint density at radius 1 is 0.806 bits per heavy atom. The van der Waals surface area contributed by atoms with Crippen LogP contribution in [-0.4, -0.2) is 5.97 Å². The third kappa shape index (κ3) is 3.40. The molecule has 0 atom stereocenters. The lowest BCUT2D eigenvalue weighted by molar-refractivity contribution is 0.0700. The number of furan rings is 1. The standard InChI is InChI=1S/C26H18O5/c1-15-7-10-17(11-8-15)24-25(23(27)19-13-16(2)9-12-21(19)30-24)31-26(28)22-14-18-5-3-4-6-20(18)29-22/h3-14H,1-2H3. The summed E-state index contributed by atoms with van der Waals surface area (Å²) >= 11 is 0. The normalized spacial score (nSPS) is 11.2. The van der Waals surface area contributed by atoms with E-state index in [-0.39, 0.29) is 17.3 Å². The summed E-state index contributed by atoms with van der Waals surface area (Å²) in [5.74, 6) is -0.707. The van der Waals surface area contributed by atoms with Crippen LogP contribution in [0.1, 0.15) is 21.7 Å². The largest absolute Gasteiger partial charge is 0.452 e. The molecule has 0 aliphatic heterocycles. The minimum absolute atomic E-state index is 0.0137. The van der Waals surface area contributed by atoms with E-state index in [0.29, 0.717) is 22.1 Å². The topological polar surface area (TPSA) is 69.7 Å². The average molecular weight is 410 g/mol. The molecule has 0 bridgehead atoms. The van der Waals surface area contributed by atoms with Crippen LogP contribution in [0.5, 0.6) is 5.75 Å². The molecule has 0 saturated heterocycles. The van der Waals surface area contributed by atoms with Gasteiger partial charge in [-0.05, 0) is 38.1 Å². The van der Waals surface area contributed by atoms with Gasteiger partial charge in [0.15, 0.2) is 5.76 Å². The quantitative estimate of drug-likeness (QED) is 0.339. The summed E-state index contributed by atoms with van der Waals surface area (Å²) in [5.41, 5.74) is 3.17. The van der Waals surface area contributed by atoms with Crippen molar-refractivity contribution >= 4 is 27.9 Å². The first-order valence-electron chi connectivity index (χ1n) is 9.85. The molecule has 3 aromatic carbocycles. The molecule has 5 nitrogen and oxygen atoms in total. The lowest BCUT2D eigenvalue weighted by Crippen LogP contribution is -2.16. The molecular formula is C26H18O5. The Balaban J connectivity index is 1.67. The molecule has 0 unspecified atom stereocenters. The number of hydrogen-bond acceptors (Lipinski definition) is 5. The number of aryl methyl sites for hydroxylation is 2. The van der Waals surface area contributed by atoms with E-state index >= 15 is 0 Å². The Morgan fingerprint density at radius 3 is 2.32 bits per heavy atom. The van der Waals surface area contributed by atoms with Gasteiger partial charge in [-0.25, -0.2) is 4.79 Å². The summed E-state index contributed by atoms with van der Waals surface area (Å²) in [6.45, 7) is 3.85. The van der Waals surface area contributed by atoms with E-state index < -0.39 is 11.4 Å². The summed E-state index contributed by atoms with van der Waals surface area (Å²) in [6, 6.07) is 21.6. The summed E-state index contributed by atoms with van der Waals surface area (Å²) in [5, 5.41) is 1.12. The van der Waals surface area contributed by atoms with Crippen molar-refractivity contribution in [1.82, 2.24) is 0 Å². The van der Waals surface area contributed by atoms with E-state index in [4.69, 9.17) is 13.6 Å². The van der Waals surface area contributed by atoms with E-state index in [1.54, 1.807) is 24.3 Å². The molecule has 0 aliphatic rings. The zero-order valence-corrected chi connectivity index (χ0v) is 17.0. The molecule has 0 aliphatic carbocycles. The molecule has 0 amide bonds. The van der Waals surface area contributed by atoms with Crippen LogP contribution in [-0.2, 0) is 0 Å². The molecule has 5 aromatic rings. The van der Waals surface area contributed by atoms with Crippen molar-refractivity contribution in [3.05, 3.63) is 99.9 Å². The smallest absolute Gasteiger partial charge is 0.379 e.